The van der Waals surface area contributed by atoms with Crippen molar-refractivity contribution in [3.63, 3.8) is 0 Å². The zero-order chi connectivity index (χ0) is 17.8. The van der Waals surface area contributed by atoms with E-state index in [1.807, 2.05) is 60.7 Å². The first-order valence-electron chi connectivity index (χ1n) is 7.46. The number of carbonyl (C=O) groups excluding carboxylic acids is 1. The highest BCUT2D eigenvalue weighted by Crippen LogP contribution is 2.30. The van der Waals surface area contributed by atoms with Crippen molar-refractivity contribution >= 4 is 34.6 Å². The van der Waals surface area contributed by atoms with Crippen molar-refractivity contribution in [1.29, 1.82) is 0 Å². The minimum absolute atomic E-state index is 0.0380. The van der Waals surface area contributed by atoms with Crippen LogP contribution in [-0.2, 0) is 0 Å². The van der Waals surface area contributed by atoms with Gasteiger partial charge in [0, 0.05) is 23.5 Å². The predicted molar refractivity (Wildman–Crippen MR) is 97.5 cm³/mol. The quantitative estimate of drug-likeness (QED) is 0.477. The average molecular weight is 353 g/mol. The third-order valence-electron chi connectivity index (χ3n) is 3.63. The van der Waals surface area contributed by atoms with Crippen molar-refractivity contribution in [3.8, 4) is 0 Å². The lowest BCUT2D eigenvalue weighted by Crippen LogP contribution is -2.26. The first kappa shape index (κ1) is 16.7. The molecule has 0 saturated carbocycles. The molecule has 5 nitrogen and oxygen atoms in total. The summed E-state index contributed by atoms with van der Waals surface area (Å²) in [6, 6.07) is 22.1. The Morgan fingerprint density at radius 2 is 1.40 bits per heavy atom. The van der Waals surface area contributed by atoms with Gasteiger partial charge in [0.25, 0.3) is 11.6 Å². The Balaban J connectivity index is 2.08. The van der Waals surface area contributed by atoms with Crippen LogP contribution in [0.2, 0.25) is 5.02 Å². The molecule has 0 aliphatic rings. The molecule has 0 aromatic heterocycles. The molecule has 3 aromatic carbocycles. The van der Waals surface area contributed by atoms with Gasteiger partial charge in [-0.2, -0.15) is 0 Å². The maximum atomic E-state index is 13.1. The predicted octanol–water partition coefficient (Wildman–Crippen LogP) is 5.23. The summed E-state index contributed by atoms with van der Waals surface area (Å²) in [4.78, 5) is 25.0. The molecule has 0 aliphatic heterocycles. The van der Waals surface area contributed by atoms with Gasteiger partial charge in [-0.05, 0) is 30.3 Å². The summed E-state index contributed by atoms with van der Waals surface area (Å²) in [5.74, 6) is -0.364. The van der Waals surface area contributed by atoms with Gasteiger partial charge in [0.05, 0.1) is 15.5 Å². The van der Waals surface area contributed by atoms with E-state index in [2.05, 4.69) is 0 Å². The SMILES string of the molecule is O=C(c1ccc([N+](=O)[O-])cc1Cl)N(c1ccccc1)c1ccccc1. The summed E-state index contributed by atoms with van der Waals surface area (Å²) in [6.45, 7) is 0. The van der Waals surface area contributed by atoms with E-state index in [0.29, 0.717) is 11.4 Å². The highest BCUT2D eigenvalue weighted by molar-refractivity contribution is 6.35. The number of nitro benzene ring substituents is 1. The zero-order valence-electron chi connectivity index (χ0n) is 13.0. The van der Waals surface area contributed by atoms with Crippen LogP contribution in [0.3, 0.4) is 0 Å². The molecule has 1 amide bonds. The van der Waals surface area contributed by atoms with E-state index in [1.165, 1.54) is 23.1 Å². The van der Waals surface area contributed by atoms with Gasteiger partial charge in [-0.1, -0.05) is 48.0 Å². The lowest BCUT2D eigenvalue weighted by Gasteiger charge is -2.23. The van der Waals surface area contributed by atoms with E-state index in [-0.39, 0.29) is 22.2 Å². The van der Waals surface area contributed by atoms with Crippen LogP contribution in [0.4, 0.5) is 17.1 Å². The van der Waals surface area contributed by atoms with Crippen molar-refractivity contribution in [2.24, 2.45) is 0 Å². The van der Waals surface area contributed by atoms with Gasteiger partial charge in [-0.15, -0.1) is 0 Å². The summed E-state index contributed by atoms with van der Waals surface area (Å²) < 4.78 is 0. The van der Waals surface area contributed by atoms with Crippen LogP contribution in [0, 0.1) is 10.1 Å². The lowest BCUT2D eigenvalue weighted by atomic mass is 10.1. The number of para-hydroxylation sites is 2. The average Bonchev–Trinajstić information content (AvgIpc) is 2.63. The van der Waals surface area contributed by atoms with Crippen LogP contribution in [0.15, 0.2) is 78.9 Å². The largest absolute Gasteiger partial charge is 0.277 e. The van der Waals surface area contributed by atoms with E-state index in [1.54, 1.807) is 0 Å². The molecule has 6 heteroatoms. The Bertz CT molecular complexity index is 875. The normalized spacial score (nSPS) is 10.3. The number of anilines is 2. The Labute approximate surface area is 149 Å². The smallest absolute Gasteiger partial charge is 0.270 e. The number of hydrogen-bond donors (Lipinski definition) is 0. The number of nitro groups is 1. The van der Waals surface area contributed by atoms with Gasteiger partial charge in [-0.3, -0.25) is 19.8 Å². The molecule has 124 valence electrons. The van der Waals surface area contributed by atoms with Crippen molar-refractivity contribution in [2.45, 2.75) is 0 Å². The van der Waals surface area contributed by atoms with Gasteiger partial charge in [0.1, 0.15) is 0 Å². The molecule has 0 N–H and O–H groups in total. The van der Waals surface area contributed by atoms with E-state index < -0.39 is 4.92 Å². The fourth-order valence-electron chi connectivity index (χ4n) is 2.45. The molecule has 0 spiro atoms. The van der Waals surface area contributed by atoms with Crippen molar-refractivity contribution in [2.75, 3.05) is 4.90 Å². The number of nitrogens with zero attached hydrogens (tertiary/aromatic N) is 2. The van der Waals surface area contributed by atoms with Gasteiger partial charge < -0.3 is 0 Å². The van der Waals surface area contributed by atoms with Crippen LogP contribution >= 0.6 is 11.6 Å². The van der Waals surface area contributed by atoms with Gasteiger partial charge in [0.2, 0.25) is 0 Å². The second kappa shape index (κ2) is 7.15. The first-order valence-corrected chi connectivity index (χ1v) is 7.84. The van der Waals surface area contributed by atoms with Gasteiger partial charge in [0.15, 0.2) is 0 Å². The minimum Gasteiger partial charge on any atom is -0.277 e. The van der Waals surface area contributed by atoms with Crippen LogP contribution < -0.4 is 4.90 Å². The minimum atomic E-state index is -0.549. The molecule has 25 heavy (non-hydrogen) atoms. The van der Waals surface area contributed by atoms with Gasteiger partial charge >= 0.3 is 0 Å². The highest BCUT2D eigenvalue weighted by Gasteiger charge is 2.23. The van der Waals surface area contributed by atoms with Crippen molar-refractivity contribution in [1.82, 2.24) is 0 Å². The lowest BCUT2D eigenvalue weighted by molar-refractivity contribution is -0.384. The van der Waals surface area contributed by atoms with Gasteiger partial charge in [-0.25, -0.2) is 0 Å². The van der Waals surface area contributed by atoms with Crippen LogP contribution in [0.25, 0.3) is 0 Å². The molecule has 0 fully saturated rings. The topological polar surface area (TPSA) is 63.4 Å². The Morgan fingerprint density at radius 3 is 1.84 bits per heavy atom. The molecule has 0 aliphatic carbocycles. The molecule has 0 radical (unpaired) electrons. The number of rotatable bonds is 4. The number of hydrogen-bond acceptors (Lipinski definition) is 3. The Hall–Kier alpha value is -3.18. The maximum Gasteiger partial charge on any atom is 0.270 e. The summed E-state index contributed by atoms with van der Waals surface area (Å²) in [5.41, 5.74) is 1.38. The summed E-state index contributed by atoms with van der Waals surface area (Å²) >= 11 is 6.14. The highest BCUT2D eigenvalue weighted by atomic mass is 35.5. The standard InChI is InChI=1S/C19H13ClN2O3/c20-18-13-16(22(24)25)11-12-17(18)19(23)21(14-7-3-1-4-8-14)15-9-5-2-6-10-15/h1-13H. The summed E-state index contributed by atoms with van der Waals surface area (Å²) in [7, 11) is 0. The fourth-order valence-corrected chi connectivity index (χ4v) is 2.70. The van der Waals surface area contributed by atoms with Crippen LogP contribution in [-0.4, -0.2) is 10.8 Å². The molecule has 0 unspecified atom stereocenters. The van der Waals surface area contributed by atoms with Crippen molar-refractivity contribution in [3.05, 3.63) is 99.6 Å². The molecule has 0 heterocycles. The monoisotopic (exact) mass is 352 g/mol. The second-order valence-electron chi connectivity index (χ2n) is 5.23. The molecular formula is C19H13ClN2O3. The third kappa shape index (κ3) is 3.51. The Kier molecular flexibility index (Phi) is 4.77. The Morgan fingerprint density at radius 1 is 0.880 bits per heavy atom. The number of carbonyl (C=O) groups is 1. The number of amides is 1. The molecular weight excluding hydrogens is 340 g/mol. The van der Waals surface area contributed by atoms with E-state index in [9.17, 15) is 14.9 Å². The second-order valence-corrected chi connectivity index (χ2v) is 5.64. The summed E-state index contributed by atoms with van der Waals surface area (Å²) in [6.07, 6.45) is 0. The zero-order valence-corrected chi connectivity index (χ0v) is 13.8. The van der Waals surface area contributed by atoms with E-state index in [4.69, 9.17) is 11.6 Å². The number of benzene rings is 3. The molecule has 0 bridgehead atoms. The third-order valence-corrected chi connectivity index (χ3v) is 3.94. The molecule has 0 saturated heterocycles. The van der Waals surface area contributed by atoms with Crippen LogP contribution in [0.1, 0.15) is 10.4 Å². The molecule has 0 atom stereocenters. The molecule has 3 aromatic rings. The fraction of sp³-hybridized carbons (Fsp3) is 0. The number of halogens is 1. The van der Waals surface area contributed by atoms with Crippen molar-refractivity contribution < 1.29 is 9.72 Å². The summed E-state index contributed by atoms with van der Waals surface area (Å²) in [5, 5.41) is 10.9. The van der Waals surface area contributed by atoms with Crippen LogP contribution in [0.5, 0.6) is 0 Å². The van der Waals surface area contributed by atoms with E-state index in [0.717, 1.165) is 0 Å². The number of non-ortho nitro benzene ring substituents is 1. The molecule has 3 rings (SSSR count). The first-order chi connectivity index (χ1) is 12.1. The van der Waals surface area contributed by atoms with E-state index >= 15 is 0 Å². The maximum absolute atomic E-state index is 13.1.